The van der Waals surface area contributed by atoms with E-state index in [-0.39, 0.29) is 11.7 Å². The molecular formula is C21H19FN4O2. The molecule has 0 aliphatic rings. The lowest BCUT2D eigenvalue weighted by Gasteiger charge is -2.17. The molecule has 0 saturated heterocycles. The summed E-state index contributed by atoms with van der Waals surface area (Å²) < 4.78 is 18.2. The van der Waals surface area contributed by atoms with Gasteiger partial charge in [-0.1, -0.05) is 17.3 Å². The number of nitrogens with zero attached hydrogens (tertiary/aromatic N) is 4. The van der Waals surface area contributed by atoms with Gasteiger partial charge in [-0.25, -0.2) is 4.39 Å². The molecule has 3 aromatic rings. The summed E-state index contributed by atoms with van der Waals surface area (Å²) in [5, 5.41) is 12.8. The first-order valence-electron chi connectivity index (χ1n) is 8.86. The minimum absolute atomic E-state index is 0.000587. The largest absolute Gasteiger partial charge is 0.341 e. The normalized spacial score (nSPS) is 10.5. The average Bonchev–Trinajstić information content (AvgIpc) is 3.17. The quantitative estimate of drug-likeness (QED) is 0.626. The number of nitriles is 1. The fourth-order valence-corrected chi connectivity index (χ4v) is 2.76. The first kappa shape index (κ1) is 19.2. The van der Waals surface area contributed by atoms with E-state index < -0.39 is 0 Å². The molecule has 3 rings (SSSR count). The highest BCUT2D eigenvalue weighted by molar-refractivity contribution is 5.75. The van der Waals surface area contributed by atoms with Gasteiger partial charge >= 0.3 is 0 Å². The smallest absolute Gasteiger partial charge is 0.226 e. The molecule has 0 aliphatic heterocycles. The van der Waals surface area contributed by atoms with E-state index in [1.165, 1.54) is 12.1 Å². The molecule has 0 N–H and O–H groups in total. The Bertz CT molecular complexity index is 992. The van der Waals surface area contributed by atoms with Crippen molar-refractivity contribution in [1.29, 1.82) is 5.26 Å². The van der Waals surface area contributed by atoms with Crippen molar-refractivity contribution < 1.29 is 13.7 Å². The first-order chi connectivity index (χ1) is 13.5. The van der Waals surface area contributed by atoms with Crippen LogP contribution in [0.5, 0.6) is 0 Å². The van der Waals surface area contributed by atoms with Crippen LogP contribution in [-0.2, 0) is 17.8 Å². The van der Waals surface area contributed by atoms with Crippen LogP contribution in [0.15, 0.2) is 53.1 Å². The highest BCUT2D eigenvalue weighted by Crippen LogP contribution is 2.17. The van der Waals surface area contributed by atoms with Crippen molar-refractivity contribution in [3.05, 3.63) is 71.4 Å². The molecular weight excluding hydrogens is 359 g/mol. The van der Waals surface area contributed by atoms with Crippen LogP contribution in [0.25, 0.3) is 11.4 Å². The van der Waals surface area contributed by atoms with Crippen molar-refractivity contribution in [3.8, 4) is 17.5 Å². The molecule has 142 valence electrons. The zero-order valence-electron chi connectivity index (χ0n) is 15.4. The summed E-state index contributed by atoms with van der Waals surface area (Å²) in [5.74, 6) is 0.516. The Morgan fingerprint density at radius 2 is 2.04 bits per heavy atom. The zero-order chi connectivity index (χ0) is 19.9. The van der Waals surface area contributed by atoms with E-state index in [4.69, 9.17) is 9.78 Å². The number of hydrogen-bond acceptors (Lipinski definition) is 5. The SMILES string of the molecule is CN(Cc1cccc(C#N)c1)C(=O)CCCc1nc(-c2ccc(F)cc2)no1. The Morgan fingerprint density at radius 3 is 2.79 bits per heavy atom. The number of carbonyl (C=O) groups is 1. The van der Waals surface area contributed by atoms with Gasteiger partial charge in [-0.05, 0) is 48.4 Å². The van der Waals surface area contributed by atoms with Gasteiger partial charge in [0.2, 0.25) is 17.6 Å². The van der Waals surface area contributed by atoms with Crippen LogP contribution < -0.4 is 0 Å². The fourth-order valence-electron chi connectivity index (χ4n) is 2.76. The summed E-state index contributed by atoms with van der Waals surface area (Å²) >= 11 is 0. The molecule has 0 radical (unpaired) electrons. The van der Waals surface area contributed by atoms with Crippen LogP contribution in [0, 0.1) is 17.1 Å². The third-order valence-corrected chi connectivity index (χ3v) is 4.25. The van der Waals surface area contributed by atoms with E-state index >= 15 is 0 Å². The third kappa shape index (κ3) is 5.01. The summed E-state index contributed by atoms with van der Waals surface area (Å²) in [6, 6.07) is 15.2. The van der Waals surface area contributed by atoms with E-state index in [1.807, 2.05) is 6.07 Å². The number of carbonyl (C=O) groups excluding carboxylic acids is 1. The number of hydrogen-bond donors (Lipinski definition) is 0. The van der Waals surface area contributed by atoms with E-state index in [1.54, 1.807) is 42.3 Å². The Morgan fingerprint density at radius 1 is 1.25 bits per heavy atom. The molecule has 6 nitrogen and oxygen atoms in total. The molecule has 7 heteroatoms. The molecule has 0 saturated carbocycles. The number of benzene rings is 2. The average molecular weight is 378 g/mol. The lowest BCUT2D eigenvalue weighted by Crippen LogP contribution is -2.26. The molecule has 28 heavy (non-hydrogen) atoms. The standard InChI is InChI=1S/C21H19FN4O2/c1-26(14-16-5-2-4-15(12-16)13-23)20(27)7-3-6-19-24-21(25-28-19)17-8-10-18(22)11-9-17/h2,4-5,8-12H,3,6-7,14H2,1H3. The summed E-state index contributed by atoms with van der Waals surface area (Å²) in [7, 11) is 1.74. The zero-order valence-corrected chi connectivity index (χ0v) is 15.4. The predicted molar refractivity (Wildman–Crippen MR) is 100 cm³/mol. The Balaban J connectivity index is 1.48. The van der Waals surface area contributed by atoms with Crippen molar-refractivity contribution in [2.24, 2.45) is 0 Å². The lowest BCUT2D eigenvalue weighted by molar-refractivity contribution is -0.130. The molecule has 0 atom stereocenters. The van der Waals surface area contributed by atoms with Crippen molar-refractivity contribution in [1.82, 2.24) is 15.0 Å². The minimum atomic E-state index is -0.325. The molecule has 1 amide bonds. The second-order valence-electron chi connectivity index (χ2n) is 6.43. The third-order valence-electron chi connectivity index (χ3n) is 4.25. The van der Waals surface area contributed by atoms with Gasteiger partial charge in [0, 0.05) is 32.0 Å². The van der Waals surface area contributed by atoms with Crippen LogP contribution >= 0.6 is 0 Å². The van der Waals surface area contributed by atoms with E-state index in [9.17, 15) is 9.18 Å². The molecule has 0 bridgehead atoms. The van der Waals surface area contributed by atoms with Gasteiger partial charge in [0.1, 0.15) is 5.82 Å². The second kappa shape index (κ2) is 8.91. The highest BCUT2D eigenvalue weighted by atomic mass is 19.1. The van der Waals surface area contributed by atoms with Crippen molar-refractivity contribution in [3.63, 3.8) is 0 Å². The molecule has 0 spiro atoms. The van der Waals surface area contributed by atoms with Crippen LogP contribution in [-0.4, -0.2) is 28.0 Å². The van der Waals surface area contributed by atoms with Crippen molar-refractivity contribution in [2.75, 3.05) is 7.05 Å². The fraction of sp³-hybridized carbons (Fsp3) is 0.238. The number of amides is 1. The van der Waals surface area contributed by atoms with Gasteiger partial charge < -0.3 is 9.42 Å². The van der Waals surface area contributed by atoms with Crippen molar-refractivity contribution >= 4 is 5.91 Å². The van der Waals surface area contributed by atoms with Crippen molar-refractivity contribution in [2.45, 2.75) is 25.8 Å². The summed E-state index contributed by atoms with van der Waals surface area (Å²) in [4.78, 5) is 18.2. The van der Waals surface area contributed by atoms with Gasteiger partial charge in [0.25, 0.3) is 0 Å². The van der Waals surface area contributed by atoms with Gasteiger partial charge in [-0.15, -0.1) is 0 Å². The topological polar surface area (TPSA) is 83.0 Å². The maximum Gasteiger partial charge on any atom is 0.226 e. The Labute approximate surface area is 162 Å². The maximum atomic E-state index is 13.0. The molecule has 0 unspecified atom stereocenters. The van der Waals surface area contributed by atoms with E-state index in [2.05, 4.69) is 16.2 Å². The summed E-state index contributed by atoms with van der Waals surface area (Å²) in [5.41, 5.74) is 2.16. The molecule has 0 aliphatic carbocycles. The van der Waals surface area contributed by atoms with E-state index in [0.29, 0.717) is 48.6 Å². The van der Waals surface area contributed by atoms with E-state index in [0.717, 1.165) is 5.56 Å². The molecule has 2 aromatic carbocycles. The summed E-state index contributed by atoms with van der Waals surface area (Å²) in [6.45, 7) is 0.448. The lowest BCUT2D eigenvalue weighted by atomic mass is 10.1. The van der Waals surface area contributed by atoms with Crippen LogP contribution in [0.3, 0.4) is 0 Å². The van der Waals surface area contributed by atoms with Gasteiger partial charge in [-0.3, -0.25) is 4.79 Å². The molecule has 0 fully saturated rings. The number of halogens is 1. The maximum absolute atomic E-state index is 13.0. The summed E-state index contributed by atoms with van der Waals surface area (Å²) in [6.07, 6.45) is 1.41. The predicted octanol–water partition coefficient (Wildman–Crippen LogP) is 3.73. The minimum Gasteiger partial charge on any atom is -0.341 e. The number of rotatable bonds is 7. The van der Waals surface area contributed by atoms with Crippen LogP contribution in [0.4, 0.5) is 4.39 Å². The van der Waals surface area contributed by atoms with Crippen LogP contribution in [0.1, 0.15) is 29.9 Å². The Kier molecular flexibility index (Phi) is 6.12. The van der Waals surface area contributed by atoms with Crippen LogP contribution in [0.2, 0.25) is 0 Å². The molecule has 1 aromatic heterocycles. The Hall–Kier alpha value is -3.53. The molecule has 1 heterocycles. The second-order valence-corrected chi connectivity index (χ2v) is 6.43. The highest BCUT2D eigenvalue weighted by Gasteiger charge is 2.12. The van der Waals surface area contributed by atoms with Gasteiger partial charge in [0.15, 0.2) is 0 Å². The number of aryl methyl sites for hydroxylation is 1. The monoisotopic (exact) mass is 378 g/mol. The first-order valence-corrected chi connectivity index (χ1v) is 8.86. The number of aromatic nitrogens is 2. The van der Waals surface area contributed by atoms with Gasteiger partial charge in [0.05, 0.1) is 11.6 Å². The van der Waals surface area contributed by atoms with Gasteiger partial charge in [-0.2, -0.15) is 10.2 Å².